The zero-order valence-electron chi connectivity index (χ0n) is 20.9. The van der Waals surface area contributed by atoms with E-state index in [-0.39, 0.29) is 48.5 Å². The summed E-state index contributed by atoms with van der Waals surface area (Å²) in [7, 11) is -3.52. The van der Waals surface area contributed by atoms with Crippen LogP contribution in [0.5, 0.6) is 5.75 Å². The van der Waals surface area contributed by atoms with Crippen molar-refractivity contribution < 1.29 is 17.5 Å². The molecule has 1 saturated heterocycles. The maximum Gasteiger partial charge on any atom is 0.316 e. The molecule has 11 heteroatoms. The highest BCUT2D eigenvalue weighted by molar-refractivity contribution is 7.89. The Labute approximate surface area is 226 Å². The van der Waals surface area contributed by atoms with Crippen LogP contribution in [-0.4, -0.2) is 60.5 Å². The smallest absolute Gasteiger partial charge is 0.316 e. The number of halogens is 2. The maximum atomic E-state index is 13.6. The first-order chi connectivity index (χ1) is 18.3. The van der Waals surface area contributed by atoms with Crippen LogP contribution in [0.25, 0.3) is 5.69 Å². The van der Waals surface area contributed by atoms with E-state index in [1.54, 1.807) is 42.6 Å². The predicted molar refractivity (Wildman–Crippen MR) is 145 cm³/mol. The largest absolute Gasteiger partial charge is 0.483 e. The Kier molecular flexibility index (Phi) is 8.01. The van der Waals surface area contributed by atoms with Gasteiger partial charge in [-0.25, -0.2) is 12.8 Å². The second-order valence-corrected chi connectivity index (χ2v) is 12.2. The lowest BCUT2D eigenvalue weighted by Gasteiger charge is -2.36. The standard InChI is InChI=1S/C27H30ClFN4O4S/c28-21-6-4-8-23(18-21)33-27(34)26(37-24-9-1-2-10-24)25(19-30-33)31-12-14-32(15-13-31)38(35,36)16-11-20-5-3-7-22(29)17-20/h3-8,17-19,24H,1-2,9-16H2. The number of rotatable bonds is 8. The number of ether oxygens (including phenoxy) is 1. The monoisotopic (exact) mass is 560 g/mol. The molecule has 2 fully saturated rings. The van der Waals surface area contributed by atoms with Gasteiger partial charge in [0.1, 0.15) is 11.5 Å². The van der Waals surface area contributed by atoms with E-state index in [4.69, 9.17) is 16.3 Å². The average Bonchev–Trinajstić information content (AvgIpc) is 3.42. The van der Waals surface area contributed by atoms with Gasteiger partial charge in [0.05, 0.1) is 23.7 Å². The molecule has 0 bridgehead atoms. The van der Waals surface area contributed by atoms with Crippen LogP contribution in [0.15, 0.2) is 59.5 Å². The van der Waals surface area contributed by atoms with Crippen LogP contribution in [0.3, 0.4) is 0 Å². The van der Waals surface area contributed by atoms with E-state index in [1.165, 1.54) is 21.1 Å². The van der Waals surface area contributed by atoms with E-state index >= 15 is 0 Å². The van der Waals surface area contributed by atoms with Crippen molar-refractivity contribution >= 4 is 27.3 Å². The quantitative estimate of drug-likeness (QED) is 0.413. The highest BCUT2D eigenvalue weighted by Gasteiger charge is 2.30. The molecule has 1 saturated carbocycles. The number of aromatic nitrogens is 2. The Morgan fingerprint density at radius 2 is 1.76 bits per heavy atom. The molecular weight excluding hydrogens is 531 g/mol. The van der Waals surface area contributed by atoms with Crippen LogP contribution in [0.1, 0.15) is 31.2 Å². The molecule has 1 aliphatic heterocycles. The molecule has 0 amide bonds. The lowest BCUT2D eigenvalue weighted by molar-refractivity contribution is 0.205. The van der Waals surface area contributed by atoms with Gasteiger partial charge in [0.25, 0.3) is 0 Å². The number of hydrogen-bond acceptors (Lipinski definition) is 6. The first-order valence-electron chi connectivity index (χ1n) is 12.8. The zero-order chi connectivity index (χ0) is 26.7. The van der Waals surface area contributed by atoms with Gasteiger partial charge in [-0.05, 0) is 68.0 Å². The van der Waals surface area contributed by atoms with Crippen LogP contribution < -0.4 is 15.2 Å². The molecule has 38 heavy (non-hydrogen) atoms. The summed E-state index contributed by atoms with van der Waals surface area (Å²) < 4.78 is 48.4. The van der Waals surface area contributed by atoms with Crippen molar-refractivity contribution in [1.82, 2.24) is 14.1 Å². The summed E-state index contributed by atoms with van der Waals surface area (Å²) in [6.07, 6.45) is 5.69. The first kappa shape index (κ1) is 26.6. The topological polar surface area (TPSA) is 84.7 Å². The minimum absolute atomic E-state index is 0.0406. The molecule has 2 aliphatic rings. The minimum Gasteiger partial charge on any atom is -0.483 e. The number of hydrogen-bond donors (Lipinski definition) is 0. The van der Waals surface area contributed by atoms with Gasteiger partial charge in [0, 0.05) is 31.2 Å². The van der Waals surface area contributed by atoms with Crippen molar-refractivity contribution in [2.24, 2.45) is 0 Å². The van der Waals surface area contributed by atoms with Crippen LogP contribution in [-0.2, 0) is 16.4 Å². The molecule has 2 heterocycles. The number of benzene rings is 2. The minimum atomic E-state index is -3.52. The SMILES string of the molecule is O=c1c(OC2CCCC2)c(N2CCN(S(=O)(=O)CCc3cccc(F)c3)CC2)cnn1-c1cccc(Cl)c1. The Morgan fingerprint density at radius 3 is 2.47 bits per heavy atom. The molecule has 0 radical (unpaired) electrons. The van der Waals surface area contributed by atoms with Gasteiger partial charge >= 0.3 is 5.56 Å². The number of piperazine rings is 1. The fraction of sp³-hybridized carbons (Fsp3) is 0.407. The molecule has 5 rings (SSSR count). The molecule has 0 spiro atoms. The van der Waals surface area contributed by atoms with Crippen molar-refractivity contribution in [2.75, 3.05) is 36.8 Å². The summed E-state index contributed by atoms with van der Waals surface area (Å²) >= 11 is 6.14. The number of nitrogens with zero attached hydrogens (tertiary/aromatic N) is 4. The summed E-state index contributed by atoms with van der Waals surface area (Å²) in [4.78, 5) is 15.5. The number of anilines is 1. The van der Waals surface area contributed by atoms with Gasteiger partial charge in [-0.3, -0.25) is 4.79 Å². The second-order valence-electron chi connectivity index (χ2n) is 9.66. The van der Waals surface area contributed by atoms with Crippen molar-refractivity contribution in [3.05, 3.63) is 81.5 Å². The molecule has 3 aromatic rings. The lowest BCUT2D eigenvalue weighted by Crippen LogP contribution is -2.50. The number of sulfonamides is 1. The normalized spacial score (nSPS) is 17.2. The average molecular weight is 561 g/mol. The second kappa shape index (κ2) is 11.4. The third-order valence-corrected chi connectivity index (χ3v) is 9.17. The van der Waals surface area contributed by atoms with Gasteiger partial charge in [-0.1, -0.05) is 29.8 Å². The van der Waals surface area contributed by atoms with Crippen molar-refractivity contribution in [2.45, 2.75) is 38.2 Å². The van der Waals surface area contributed by atoms with E-state index in [9.17, 15) is 17.6 Å². The van der Waals surface area contributed by atoms with E-state index in [0.29, 0.717) is 35.1 Å². The predicted octanol–water partition coefficient (Wildman–Crippen LogP) is 4.04. The van der Waals surface area contributed by atoms with E-state index in [2.05, 4.69) is 5.10 Å². The molecule has 1 aliphatic carbocycles. The van der Waals surface area contributed by atoms with Crippen molar-refractivity contribution in [3.63, 3.8) is 0 Å². The highest BCUT2D eigenvalue weighted by Crippen LogP contribution is 2.30. The first-order valence-corrected chi connectivity index (χ1v) is 14.8. The number of aryl methyl sites for hydroxylation is 1. The van der Waals surface area contributed by atoms with E-state index in [0.717, 1.165) is 25.7 Å². The van der Waals surface area contributed by atoms with E-state index in [1.807, 2.05) is 4.90 Å². The molecule has 8 nitrogen and oxygen atoms in total. The molecule has 2 aromatic carbocycles. The van der Waals surface area contributed by atoms with Crippen molar-refractivity contribution in [1.29, 1.82) is 0 Å². The third-order valence-electron chi connectivity index (χ3n) is 7.06. The maximum absolute atomic E-state index is 13.6. The Morgan fingerprint density at radius 1 is 1.03 bits per heavy atom. The van der Waals surface area contributed by atoms with Crippen LogP contribution in [0, 0.1) is 5.82 Å². The van der Waals surface area contributed by atoms with Crippen LogP contribution >= 0.6 is 11.6 Å². The third kappa shape index (κ3) is 6.03. The molecule has 0 atom stereocenters. The van der Waals surface area contributed by atoms with Gasteiger partial charge < -0.3 is 9.64 Å². The van der Waals surface area contributed by atoms with Gasteiger partial charge in [-0.15, -0.1) is 0 Å². The summed E-state index contributed by atoms with van der Waals surface area (Å²) in [5, 5.41) is 4.89. The fourth-order valence-electron chi connectivity index (χ4n) is 5.01. The Balaban J connectivity index is 1.33. The molecule has 202 valence electrons. The summed E-state index contributed by atoms with van der Waals surface area (Å²) in [6.45, 7) is 1.32. The summed E-state index contributed by atoms with van der Waals surface area (Å²) in [6, 6.07) is 12.9. The van der Waals surface area contributed by atoms with Crippen LogP contribution in [0.2, 0.25) is 5.02 Å². The van der Waals surface area contributed by atoms with Gasteiger partial charge in [0.2, 0.25) is 15.8 Å². The molecule has 0 N–H and O–H groups in total. The van der Waals surface area contributed by atoms with Crippen LogP contribution in [0.4, 0.5) is 10.1 Å². The Bertz CT molecular complexity index is 1450. The molecule has 0 unspecified atom stereocenters. The van der Waals surface area contributed by atoms with E-state index < -0.39 is 10.0 Å². The lowest BCUT2D eigenvalue weighted by atomic mass is 10.2. The van der Waals surface area contributed by atoms with Crippen molar-refractivity contribution in [3.8, 4) is 11.4 Å². The summed E-state index contributed by atoms with van der Waals surface area (Å²) in [5.74, 6) is -0.242. The Hall–Kier alpha value is -2.95. The summed E-state index contributed by atoms with van der Waals surface area (Å²) in [5.41, 5.74) is 1.38. The fourth-order valence-corrected chi connectivity index (χ4v) is 6.66. The molecular formula is C27H30ClFN4O4S. The molecule has 1 aromatic heterocycles. The van der Waals surface area contributed by atoms with Gasteiger partial charge in [-0.2, -0.15) is 14.1 Å². The zero-order valence-corrected chi connectivity index (χ0v) is 22.5. The van der Waals surface area contributed by atoms with Gasteiger partial charge in [0.15, 0.2) is 0 Å². The highest BCUT2D eigenvalue weighted by atomic mass is 35.5.